The van der Waals surface area contributed by atoms with Crippen LogP contribution in [0.15, 0.2) is 59.5 Å². The zero-order valence-electron chi connectivity index (χ0n) is 9.92. The molecule has 4 nitrogen and oxygen atoms in total. The zero-order valence-corrected chi connectivity index (χ0v) is 10.7. The monoisotopic (exact) mass is 265 g/mol. The van der Waals surface area contributed by atoms with Crippen LogP contribution in [0.3, 0.4) is 0 Å². The molecule has 2 aromatic rings. The van der Waals surface area contributed by atoms with Crippen LogP contribution in [0.4, 0.5) is 5.69 Å². The number of sulfonamides is 1. The van der Waals surface area contributed by atoms with Crippen LogP contribution < -0.4 is 4.72 Å². The summed E-state index contributed by atoms with van der Waals surface area (Å²) in [7, 11) is -3.48. The molecule has 0 bridgehead atoms. The zero-order chi connectivity index (χ0) is 12.3. The number of aryl methyl sites for hydroxylation is 1. The Kier molecular flexibility index (Phi) is 4.47. The highest BCUT2D eigenvalue weighted by atomic mass is 32.2. The van der Waals surface area contributed by atoms with E-state index in [9.17, 15) is 8.42 Å². The first kappa shape index (κ1) is 14.2. The highest BCUT2D eigenvalue weighted by molar-refractivity contribution is 7.92. The van der Waals surface area contributed by atoms with Crippen LogP contribution >= 0.6 is 0 Å². The molecule has 0 spiro atoms. The van der Waals surface area contributed by atoms with Gasteiger partial charge in [-0.25, -0.2) is 8.42 Å². The number of para-hydroxylation sites is 1. The van der Waals surface area contributed by atoms with Crippen molar-refractivity contribution in [3.05, 3.63) is 60.2 Å². The largest absolute Gasteiger partial charge is 0.412 e. The molecule has 0 aliphatic rings. The topological polar surface area (TPSA) is 77.7 Å². The van der Waals surface area contributed by atoms with E-state index in [1.165, 1.54) is 0 Å². The van der Waals surface area contributed by atoms with E-state index in [0.29, 0.717) is 5.69 Å². The highest BCUT2D eigenvalue weighted by Gasteiger charge is 2.12. The Morgan fingerprint density at radius 1 is 0.889 bits per heavy atom. The normalized spacial score (nSPS) is 10.5. The van der Waals surface area contributed by atoms with Gasteiger partial charge in [0.25, 0.3) is 10.0 Å². The van der Waals surface area contributed by atoms with Gasteiger partial charge in [-0.15, -0.1) is 0 Å². The SMILES string of the molecule is Cc1ccc(S(=O)(=O)Nc2ccccc2)cc1.O. The standard InChI is InChI=1S/C13H13NO2S.H2O/c1-11-7-9-13(10-8-11)17(15,16)14-12-5-3-2-4-6-12;/h2-10,14H,1H3;1H2. The average Bonchev–Trinajstić information content (AvgIpc) is 2.30. The van der Waals surface area contributed by atoms with Crippen molar-refractivity contribution < 1.29 is 13.9 Å². The van der Waals surface area contributed by atoms with E-state index in [4.69, 9.17) is 0 Å². The maximum Gasteiger partial charge on any atom is 0.261 e. The molecule has 0 aliphatic heterocycles. The average molecular weight is 265 g/mol. The van der Waals surface area contributed by atoms with Crippen molar-refractivity contribution in [1.29, 1.82) is 0 Å². The van der Waals surface area contributed by atoms with Crippen molar-refractivity contribution in [3.8, 4) is 0 Å². The van der Waals surface area contributed by atoms with E-state index in [-0.39, 0.29) is 10.4 Å². The van der Waals surface area contributed by atoms with Crippen molar-refractivity contribution in [1.82, 2.24) is 0 Å². The predicted octanol–water partition coefficient (Wildman–Crippen LogP) is 1.97. The molecule has 0 saturated heterocycles. The van der Waals surface area contributed by atoms with Crippen LogP contribution in [-0.2, 0) is 10.0 Å². The van der Waals surface area contributed by atoms with Crippen molar-refractivity contribution in [2.24, 2.45) is 0 Å². The second-order valence-corrected chi connectivity index (χ2v) is 5.47. The maximum absolute atomic E-state index is 12.0. The molecule has 0 saturated carbocycles. The van der Waals surface area contributed by atoms with Crippen molar-refractivity contribution >= 4 is 15.7 Å². The molecule has 18 heavy (non-hydrogen) atoms. The molecule has 2 aromatic carbocycles. The van der Waals surface area contributed by atoms with Crippen molar-refractivity contribution in [2.45, 2.75) is 11.8 Å². The van der Waals surface area contributed by atoms with Crippen molar-refractivity contribution in [3.63, 3.8) is 0 Å². The van der Waals surface area contributed by atoms with Crippen LogP contribution in [0.1, 0.15) is 5.56 Å². The van der Waals surface area contributed by atoms with E-state index in [0.717, 1.165) is 5.56 Å². The van der Waals surface area contributed by atoms with Gasteiger partial charge in [0.05, 0.1) is 4.90 Å². The minimum atomic E-state index is -3.48. The summed E-state index contributed by atoms with van der Waals surface area (Å²) in [5.41, 5.74) is 1.59. The fraction of sp³-hybridized carbons (Fsp3) is 0.0769. The van der Waals surface area contributed by atoms with Gasteiger partial charge in [0.15, 0.2) is 0 Å². The Morgan fingerprint density at radius 2 is 1.44 bits per heavy atom. The molecule has 5 heteroatoms. The van der Waals surface area contributed by atoms with E-state index >= 15 is 0 Å². The van der Waals surface area contributed by atoms with Gasteiger partial charge in [0.1, 0.15) is 0 Å². The van der Waals surface area contributed by atoms with Crippen LogP contribution in [0.25, 0.3) is 0 Å². The third-order valence-corrected chi connectivity index (χ3v) is 3.75. The Labute approximate surface area is 107 Å². The molecule has 3 N–H and O–H groups in total. The number of anilines is 1. The molecule has 0 aliphatic carbocycles. The molecule has 0 atom stereocenters. The Balaban J connectivity index is 0.00000162. The molecule has 2 rings (SSSR count). The molecular formula is C13H15NO3S. The van der Waals surface area contributed by atoms with Gasteiger partial charge in [-0.2, -0.15) is 0 Å². The van der Waals surface area contributed by atoms with Crippen LogP contribution in [0.5, 0.6) is 0 Å². The fourth-order valence-corrected chi connectivity index (χ4v) is 2.50. The summed E-state index contributed by atoms with van der Waals surface area (Å²) in [5.74, 6) is 0. The number of hydrogen-bond donors (Lipinski definition) is 1. The summed E-state index contributed by atoms with van der Waals surface area (Å²) >= 11 is 0. The van der Waals surface area contributed by atoms with E-state index in [1.54, 1.807) is 48.5 Å². The summed E-state index contributed by atoms with van der Waals surface area (Å²) in [6, 6.07) is 15.6. The molecule has 0 unspecified atom stereocenters. The van der Waals surface area contributed by atoms with Crippen molar-refractivity contribution in [2.75, 3.05) is 4.72 Å². The lowest BCUT2D eigenvalue weighted by atomic mass is 10.2. The van der Waals surface area contributed by atoms with Gasteiger partial charge in [0, 0.05) is 5.69 Å². The highest BCUT2D eigenvalue weighted by Crippen LogP contribution is 2.15. The molecule has 0 radical (unpaired) electrons. The maximum atomic E-state index is 12.0. The smallest absolute Gasteiger partial charge is 0.261 e. The first-order chi connectivity index (χ1) is 8.08. The summed E-state index contributed by atoms with van der Waals surface area (Å²) in [4.78, 5) is 0.270. The molecule has 0 amide bonds. The summed E-state index contributed by atoms with van der Waals surface area (Å²) in [6.07, 6.45) is 0. The lowest BCUT2D eigenvalue weighted by Gasteiger charge is -2.07. The number of hydrogen-bond acceptors (Lipinski definition) is 2. The number of nitrogens with one attached hydrogen (secondary N) is 1. The molecule has 0 fully saturated rings. The Bertz CT molecular complexity index is 592. The summed E-state index contributed by atoms with van der Waals surface area (Å²) < 4.78 is 26.5. The van der Waals surface area contributed by atoms with Gasteiger partial charge >= 0.3 is 0 Å². The lowest BCUT2D eigenvalue weighted by Crippen LogP contribution is -2.12. The molecular weight excluding hydrogens is 250 g/mol. The Morgan fingerprint density at radius 3 is 2.00 bits per heavy atom. The van der Waals surface area contributed by atoms with Crippen LogP contribution in [0.2, 0.25) is 0 Å². The first-order valence-electron chi connectivity index (χ1n) is 5.22. The summed E-state index contributed by atoms with van der Waals surface area (Å²) in [5, 5.41) is 0. The van der Waals surface area contributed by atoms with Crippen LogP contribution in [-0.4, -0.2) is 13.9 Å². The molecule has 0 aromatic heterocycles. The van der Waals surface area contributed by atoms with Gasteiger partial charge in [-0.1, -0.05) is 35.9 Å². The second-order valence-electron chi connectivity index (χ2n) is 3.78. The first-order valence-corrected chi connectivity index (χ1v) is 6.71. The van der Waals surface area contributed by atoms with Gasteiger partial charge in [-0.3, -0.25) is 4.72 Å². The summed E-state index contributed by atoms with van der Waals surface area (Å²) in [6.45, 7) is 1.92. The molecule has 0 heterocycles. The van der Waals surface area contributed by atoms with E-state index < -0.39 is 10.0 Å². The van der Waals surface area contributed by atoms with Gasteiger partial charge < -0.3 is 5.48 Å². The third kappa shape index (κ3) is 3.32. The Hall–Kier alpha value is -1.85. The number of rotatable bonds is 3. The minimum Gasteiger partial charge on any atom is -0.412 e. The third-order valence-electron chi connectivity index (χ3n) is 2.36. The van der Waals surface area contributed by atoms with E-state index in [2.05, 4.69) is 4.72 Å². The predicted molar refractivity (Wildman–Crippen MR) is 72.0 cm³/mol. The van der Waals surface area contributed by atoms with Gasteiger partial charge in [0.2, 0.25) is 0 Å². The quantitative estimate of drug-likeness (QED) is 0.921. The van der Waals surface area contributed by atoms with E-state index in [1.807, 2.05) is 13.0 Å². The van der Waals surface area contributed by atoms with Crippen LogP contribution in [0, 0.1) is 6.92 Å². The fourth-order valence-electron chi connectivity index (χ4n) is 1.44. The lowest BCUT2D eigenvalue weighted by molar-refractivity contribution is 0.601. The number of benzene rings is 2. The molecule has 96 valence electrons. The minimum absolute atomic E-state index is 0. The second kappa shape index (κ2) is 5.66. The van der Waals surface area contributed by atoms with Gasteiger partial charge in [-0.05, 0) is 31.2 Å².